The summed E-state index contributed by atoms with van der Waals surface area (Å²) in [5.41, 5.74) is 1.94. The number of aromatic nitrogens is 2. The summed E-state index contributed by atoms with van der Waals surface area (Å²) >= 11 is 0. The molecule has 4 heteroatoms. The van der Waals surface area contributed by atoms with Gasteiger partial charge in [0.25, 0.3) is 0 Å². The molecule has 0 bridgehead atoms. The van der Waals surface area contributed by atoms with Crippen molar-refractivity contribution in [3.8, 4) is 11.3 Å². The van der Waals surface area contributed by atoms with Crippen molar-refractivity contribution in [2.45, 2.75) is 64.3 Å². The van der Waals surface area contributed by atoms with Gasteiger partial charge in [0.05, 0.1) is 11.9 Å². The zero-order valence-electron chi connectivity index (χ0n) is 15.2. The maximum absolute atomic E-state index is 13.0. The molecule has 1 fully saturated rings. The maximum Gasteiger partial charge on any atom is 0.123 e. The first-order valence-corrected chi connectivity index (χ1v) is 9.74. The number of halogens is 1. The molecule has 0 aliphatic heterocycles. The van der Waals surface area contributed by atoms with Gasteiger partial charge in [-0.2, -0.15) is 0 Å². The van der Waals surface area contributed by atoms with Crippen molar-refractivity contribution >= 4 is 0 Å². The standard InChI is InChI=1S/C21H30FN3/c1-16(6-5-13-23-19-7-3-2-4-8-19)14-21-24-15-20(25-21)17-9-11-18(22)12-10-17/h9-12,15-16,19,23H,2-8,13-14H2,1H3,(H,24,25). The SMILES string of the molecule is CC(CCCNC1CCCCC1)Cc1ncc(-c2ccc(F)cc2)[nH]1. The van der Waals surface area contributed by atoms with E-state index in [0.717, 1.165) is 36.1 Å². The van der Waals surface area contributed by atoms with E-state index >= 15 is 0 Å². The molecule has 1 unspecified atom stereocenters. The Hall–Kier alpha value is -1.68. The molecule has 1 aromatic heterocycles. The zero-order valence-corrected chi connectivity index (χ0v) is 15.2. The van der Waals surface area contributed by atoms with Gasteiger partial charge in [0, 0.05) is 12.5 Å². The Bertz CT molecular complexity index is 629. The molecule has 2 N–H and O–H groups in total. The van der Waals surface area contributed by atoms with Crippen molar-refractivity contribution in [1.29, 1.82) is 0 Å². The highest BCUT2D eigenvalue weighted by atomic mass is 19.1. The maximum atomic E-state index is 13.0. The number of hydrogen-bond donors (Lipinski definition) is 2. The van der Waals surface area contributed by atoms with Gasteiger partial charge in [-0.25, -0.2) is 9.37 Å². The summed E-state index contributed by atoms with van der Waals surface area (Å²) in [6, 6.07) is 7.29. The molecule has 1 atom stereocenters. The fraction of sp³-hybridized carbons (Fsp3) is 0.571. The van der Waals surface area contributed by atoms with Crippen LogP contribution < -0.4 is 5.32 Å². The highest BCUT2D eigenvalue weighted by molar-refractivity contribution is 5.58. The van der Waals surface area contributed by atoms with Crippen LogP contribution in [0, 0.1) is 11.7 Å². The molecule has 1 saturated carbocycles. The Kier molecular flexibility index (Phi) is 6.62. The summed E-state index contributed by atoms with van der Waals surface area (Å²) in [6.45, 7) is 3.43. The lowest BCUT2D eigenvalue weighted by atomic mass is 9.95. The highest BCUT2D eigenvalue weighted by Gasteiger charge is 2.13. The predicted octanol–water partition coefficient (Wildman–Crippen LogP) is 5.10. The molecular weight excluding hydrogens is 313 g/mol. The van der Waals surface area contributed by atoms with Crippen LogP contribution in [0.4, 0.5) is 4.39 Å². The molecule has 1 aliphatic carbocycles. The van der Waals surface area contributed by atoms with Crippen LogP contribution in [0.3, 0.4) is 0 Å². The minimum Gasteiger partial charge on any atom is -0.342 e. The van der Waals surface area contributed by atoms with E-state index in [9.17, 15) is 4.39 Å². The van der Waals surface area contributed by atoms with Crippen molar-refractivity contribution in [3.05, 3.63) is 42.1 Å². The molecule has 1 aromatic carbocycles. The van der Waals surface area contributed by atoms with Crippen molar-refractivity contribution < 1.29 is 4.39 Å². The van der Waals surface area contributed by atoms with Crippen LogP contribution in [0.5, 0.6) is 0 Å². The number of aromatic amines is 1. The van der Waals surface area contributed by atoms with E-state index in [2.05, 4.69) is 22.2 Å². The smallest absolute Gasteiger partial charge is 0.123 e. The molecule has 136 valence electrons. The molecule has 1 aliphatic rings. The van der Waals surface area contributed by atoms with Crippen LogP contribution in [0.2, 0.25) is 0 Å². The fourth-order valence-corrected chi connectivity index (χ4v) is 3.74. The molecular formula is C21H30FN3. The van der Waals surface area contributed by atoms with E-state index in [4.69, 9.17) is 0 Å². The molecule has 0 spiro atoms. The van der Waals surface area contributed by atoms with Crippen LogP contribution in [0.1, 0.15) is 57.7 Å². The summed E-state index contributed by atoms with van der Waals surface area (Å²) in [5.74, 6) is 1.42. The lowest BCUT2D eigenvalue weighted by Crippen LogP contribution is -2.31. The van der Waals surface area contributed by atoms with Crippen LogP contribution in [-0.4, -0.2) is 22.6 Å². The molecule has 3 rings (SSSR count). The van der Waals surface area contributed by atoms with Crippen LogP contribution in [0.25, 0.3) is 11.3 Å². The molecule has 2 aromatic rings. The Labute approximate surface area is 150 Å². The van der Waals surface area contributed by atoms with E-state index in [1.165, 1.54) is 57.1 Å². The minimum atomic E-state index is -0.209. The van der Waals surface area contributed by atoms with Crippen molar-refractivity contribution in [3.63, 3.8) is 0 Å². The second-order valence-electron chi connectivity index (χ2n) is 7.49. The summed E-state index contributed by atoms with van der Waals surface area (Å²) < 4.78 is 13.0. The second-order valence-corrected chi connectivity index (χ2v) is 7.49. The average molecular weight is 343 g/mol. The van der Waals surface area contributed by atoms with Crippen molar-refractivity contribution in [2.75, 3.05) is 6.54 Å². The number of H-pyrrole nitrogens is 1. The number of benzene rings is 1. The first kappa shape index (κ1) is 18.1. The van der Waals surface area contributed by atoms with Gasteiger partial charge in [0.15, 0.2) is 0 Å². The van der Waals surface area contributed by atoms with Crippen molar-refractivity contribution in [1.82, 2.24) is 15.3 Å². The Morgan fingerprint density at radius 3 is 2.72 bits per heavy atom. The topological polar surface area (TPSA) is 40.7 Å². The second kappa shape index (κ2) is 9.14. The number of hydrogen-bond acceptors (Lipinski definition) is 2. The summed E-state index contributed by atoms with van der Waals surface area (Å²) in [7, 11) is 0. The van der Waals surface area contributed by atoms with Crippen LogP contribution in [0.15, 0.2) is 30.5 Å². The van der Waals surface area contributed by atoms with Gasteiger partial charge < -0.3 is 10.3 Å². The highest BCUT2D eigenvalue weighted by Crippen LogP contribution is 2.20. The van der Waals surface area contributed by atoms with Crippen LogP contribution >= 0.6 is 0 Å². The molecule has 0 amide bonds. The number of nitrogens with zero attached hydrogens (tertiary/aromatic N) is 1. The lowest BCUT2D eigenvalue weighted by molar-refractivity contribution is 0.364. The van der Waals surface area contributed by atoms with Gasteiger partial charge in [0.1, 0.15) is 11.6 Å². The summed E-state index contributed by atoms with van der Waals surface area (Å²) in [6.07, 6.45) is 12.2. The number of rotatable bonds is 8. The largest absolute Gasteiger partial charge is 0.342 e. The average Bonchev–Trinajstić information content (AvgIpc) is 3.09. The van der Waals surface area contributed by atoms with Gasteiger partial charge in [-0.15, -0.1) is 0 Å². The summed E-state index contributed by atoms with van der Waals surface area (Å²) in [5, 5.41) is 3.72. The minimum absolute atomic E-state index is 0.209. The number of nitrogens with one attached hydrogen (secondary N) is 2. The molecule has 25 heavy (non-hydrogen) atoms. The van der Waals surface area contributed by atoms with E-state index in [1.807, 2.05) is 6.20 Å². The zero-order chi connectivity index (χ0) is 17.5. The first-order valence-electron chi connectivity index (χ1n) is 9.74. The summed E-state index contributed by atoms with van der Waals surface area (Å²) in [4.78, 5) is 7.86. The van der Waals surface area contributed by atoms with E-state index in [1.54, 1.807) is 12.1 Å². The normalized spacial score (nSPS) is 16.9. The monoisotopic (exact) mass is 343 g/mol. The van der Waals surface area contributed by atoms with Gasteiger partial charge in [-0.3, -0.25) is 0 Å². The van der Waals surface area contributed by atoms with Gasteiger partial charge in [0.2, 0.25) is 0 Å². The van der Waals surface area contributed by atoms with E-state index in [-0.39, 0.29) is 5.82 Å². The van der Waals surface area contributed by atoms with E-state index < -0.39 is 0 Å². The lowest BCUT2D eigenvalue weighted by Gasteiger charge is -2.23. The van der Waals surface area contributed by atoms with Gasteiger partial charge in [-0.05, 0) is 68.0 Å². The first-order chi connectivity index (χ1) is 12.2. The number of imidazole rings is 1. The Morgan fingerprint density at radius 2 is 1.96 bits per heavy atom. The fourth-order valence-electron chi connectivity index (χ4n) is 3.74. The van der Waals surface area contributed by atoms with Gasteiger partial charge in [-0.1, -0.05) is 26.2 Å². The molecule has 1 heterocycles. The Morgan fingerprint density at radius 1 is 1.20 bits per heavy atom. The molecule has 3 nitrogen and oxygen atoms in total. The third kappa shape index (κ3) is 5.67. The predicted molar refractivity (Wildman–Crippen MR) is 101 cm³/mol. The quantitative estimate of drug-likeness (QED) is 0.655. The Balaban J connectivity index is 1.39. The molecule has 0 radical (unpaired) electrons. The third-order valence-electron chi connectivity index (χ3n) is 5.24. The van der Waals surface area contributed by atoms with Crippen LogP contribution in [-0.2, 0) is 6.42 Å². The third-order valence-corrected chi connectivity index (χ3v) is 5.24. The van der Waals surface area contributed by atoms with E-state index in [0.29, 0.717) is 5.92 Å². The molecule has 0 saturated heterocycles. The van der Waals surface area contributed by atoms with Crippen molar-refractivity contribution in [2.24, 2.45) is 5.92 Å². The van der Waals surface area contributed by atoms with Gasteiger partial charge >= 0.3 is 0 Å².